The summed E-state index contributed by atoms with van der Waals surface area (Å²) in [6.45, 7) is 1.79. The van der Waals surface area contributed by atoms with Crippen molar-refractivity contribution in [3.63, 3.8) is 0 Å². The Bertz CT molecular complexity index is 1270. The number of para-hydroxylation sites is 1. The van der Waals surface area contributed by atoms with Crippen LogP contribution < -0.4 is 5.32 Å². The topological polar surface area (TPSA) is 90.1 Å². The summed E-state index contributed by atoms with van der Waals surface area (Å²) in [6.07, 6.45) is 0. The molecular formula is C23H17ClN4O3. The van der Waals surface area contributed by atoms with Crippen LogP contribution in [0.4, 0.5) is 11.4 Å². The molecule has 1 aromatic heterocycles. The number of hydrogen-bond donors (Lipinski definition) is 1. The molecule has 7 nitrogen and oxygen atoms in total. The molecule has 0 saturated heterocycles. The zero-order chi connectivity index (χ0) is 22.0. The first-order chi connectivity index (χ1) is 15.0. The first kappa shape index (κ1) is 20.3. The number of carbonyl (C=O) groups excluding carboxylic acids is 1. The number of carbonyl (C=O) groups is 1. The van der Waals surface area contributed by atoms with E-state index in [4.69, 9.17) is 11.6 Å². The maximum absolute atomic E-state index is 13.3. The molecule has 1 heterocycles. The van der Waals surface area contributed by atoms with Crippen molar-refractivity contribution in [2.45, 2.75) is 6.92 Å². The molecule has 0 bridgehead atoms. The van der Waals surface area contributed by atoms with Crippen LogP contribution in [0.3, 0.4) is 0 Å². The van der Waals surface area contributed by atoms with Gasteiger partial charge in [0, 0.05) is 16.7 Å². The monoisotopic (exact) mass is 432 g/mol. The zero-order valence-corrected chi connectivity index (χ0v) is 17.2. The minimum Gasteiger partial charge on any atom is -0.316 e. The zero-order valence-electron chi connectivity index (χ0n) is 16.4. The standard InChI is InChI=1S/C23H17ClN4O3/c1-15-21(23(29)25-19-13-12-17(24)14-20(19)28(30)31)22(16-8-4-2-5-9-16)26-27(15)18-10-6-3-7-11-18/h2-14H,1H3,(H,25,29). The molecule has 0 aliphatic rings. The molecule has 0 aliphatic heterocycles. The van der Waals surface area contributed by atoms with Crippen LogP contribution >= 0.6 is 11.6 Å². The maximum atomic E-state index is 13.3. The van der Waals surface area contributed by atoms with Crippen molar-refractivity contribution < 1.29 is 9.72 Å². The fourth-order valence-corrected chi connectivity index (χ4v) is 3.51. The molecule has 0 radical (unpaired) electrons. The third-order valence-electron chi connectivity index (χ3n) is 4.80. The van der Waals surface area contributed by atoms with Crippen LogP contribution in [0.1, 0.15) is 16.1 Å². The molecular weight excluding hydrogens is 416 g/mol. The third kappa shape index (κ3) is 4.04. The summed E-state index contributed by atoms with van der Waals surface area (Å²) in [5, 5.41) is 19.0. The summed E-state index contributed by atoms with van der Waals surface area (Å²) in [5.41, 5.74) is 2.76. The number of rotatable bonds is 5. The fraction of sp³-hybridized carbons (Fsp3) is 0.0435. The summed E-state index contributed by atoms with van der Waals surface area (Å²) in [4.78, 5) is 24.1. The molecule has 4 rings (SSSR count). The Morgan fingerprint density at radius 2 is 1.68 bits per heavy atom. The van der Waals surface area contributed by atoms with Crippen molar-refractivity contribution >= 4 is 28.9 Å². The predicted molar refractivity (Wildman–Crippen MR) is 120 cm³/mol. The summed E-state index contributed by atoms with van der Waals surface area (Å²) < 4.78 is 1.69. The number of aromatic nitrogens is 2. The number of nitrogens with one attached hydrogen (secondary N) is 1. The van der Waals surface area contributed by atoms with Gasteiger partial charge in [-0.05, 0) is 31.2 Å². The number of nitro groups is 1. The lowest BCUT2D eigenvalue weighted by Gasteiger charge is -2.08. The van der Waals surface area contributed by atoms with E-state index in [9.17, 15) is 14.9 Å². The molecule has 0 unspecified atom stereocenters. The largest absolute Gasteiger partial charge is 0.316 e. The predicted octanol–water partition coefficient (Wildman–Crippen LogP) is 5.66. The highest BCUT2D eigenvalue weighted by molar-refractivity contribution is 6.31. The number of anilines is 1. The fourth-order valence-electron chi connectivity index (χ4n) is 3.34. The molecule has 3 aromatic carbocycles. The van der Waals surface area contributed by atoms with Gasteiger partial charge in [-0.25, -0.2) is 4.68 Å². The first-order valence-corrected chi connectivity index (χ1v) is 9.79. The third-order valence-corrected chi connectivity index (χ3v) is 5.03. The molecule has 1 N–H and O–H groups in total. The van der Waals surface area contributed by atoms with Crippen molar-refractivity contribution in [1.82, 2.24) is 9.78 Å². The normalized spacial score (nSPS) is 10.6. The van der Waals surface area contributed by atoms with Gasteiger partial charge in [-0.15, -0.1) is 0 Å². The second-order valence-corrected chi connectivity index (χ2v) is 7.23. The van der Waals surface area contributed by atoms with Gasteiger partial charge in [-0.3, -0.25) is 14.9 Å². The van der Waals surface area contributed by atoms with Gasteiger partial charge in [-0.1, -0.05) is 60.1 Å². The summed E-state index contributed by atoms with van der Waals surface area (Å²) in [6, 6.07) is 22.9. The molecule has 4 aromatic rings. The molecule has 0 atom stereocenters. The van der Waals surface area contributed by atoms with Gasteiger partial charge in [0.05, 0.1) is 21.9 Å². The summed E-state index contributed by atoms with van der Waals surface area (Å²) in [5.74, 6) is -0.496. The second-order valence-electron chi connectivity index (χ2n) is 6.80. The van der Waals surface area contributed by atoms with Gasteiger partial charge in [0.2, 0.25) is 0 Å². The van der Waals surface area contributed by atoms with E-state index in [1.165, 1.54) is 18.2 Å². The Kier molecular flexibility index (Phi) is 5.51. The van der Waals surface area contributed by atoms with Crippen LogP contribution in [0.5, 0.6) is 0 Å². The van der Waals surface area contributed by atoms with E-state index in [0.717, 1.165) is 11.3 Å². The lowest BCUT2D eigenvalue weighted by atomic mass is 10.1. The van der Waals surface area contributed by atoms with Gasteiger partial charge >= 0.3 is 0 Å². The minimum absolute atomic E-state index is 0.0604. The molecule has 1 amide bonds. The van der Waals surface area contributed by atoms with E-state index in [2.05, 4.69) is 10.4 Å². The highest BCUT2D eigenvalue weighted by atomic mass is 35.5. The number of nitro benzene ring substituents is 1. The van der Waals surface area contributed by atoms with Crippen LogP contribution in [0.25, 0.3) is 16.9 Å². The molecule has 0 spiro atoms. The quantitative estimate of drug-likeness (QED) is 0.325. The second kappa shape index (κ2) is 8.41. The van der Waals surface area contributed by atoms with E-state index in [0.29, 0.717) is 17.0 Å². The van der Waals surface area contributed by atoms with E-state index in [1.807, 2.05) is 60.7 Å². The van der Waals surface area contributed by atoms with E-state index >= 15 is 0 Å². The lowest BCUT2D eigenvalue weighted by Crippen LogP contribution is -2.15. The van der Waals surface area contributed by atoms with Gasteiger partial charge in [0.1, 0.15) is 11.4 Å². The van der Waals surface area contributed by atoms with Gasteiger partial charge in [0.15, 0.2) is 0 Å². The van der Waals surface area contributed by atoms with Gasteiger partial charge in [0.25, 0.3) is 11.6 Å². The Labute approximate surface area is 183 Å². The SMILES string of the molecule is Cc1c(C(=O)Nc2ccc(Cl)cc2[N+](=O)[O-])c(-c2ccccc2)nn1-c1ccccc1. The minimum atomic E-state index is -0.583. The van der Waals surface area contributed by atoms with E-state index < -0.39 is 10.8 Å². The van der Waals surface area contributed by atoms with Crippen molar-refractivity contribution in [2.24, 2.45) is 0 Å². The van der Waals surface area contributed by atoms with Crippen LogP contribution in [-0.2, 0) is 0 Å². The van der Waals surface area contributed by atoms with E-state index in [1.54, 1.807) is 11.6 Å². The van der Waals surface area contributed by atoms with Crippen molar-refractivity contribution in [3.05, 3.63) is 105 Å². The molecule has 8 heteroatoms. The smallest absolute Gasteiger partial charge is 0.294 e. The van der Waals surface area contributed by atoms with Gasteiger partial charge in [-0.2, -0.15) is 5.10 Å². The van der Waals surface area contributed by atoms with Crippen LogP contribution in [0, 0.1) is 17.0 Å². The molecule has 0 saturated carbocycles. The average molecular weight is 433 g/mol. The Hall–Kier alpha value is -3.97. The van der Waals surface area contributed by atoms with Crippen LogP contribution in [0.2, 0.25) is 5.02 Å². The molecule has 154 valence electrons. The number of nitrogens with zero attached hydrogens (tertiary/aromatic N) is 3. The first-order valence-electron chi connectivity index (χ1n) is 9.41. The molecule has 0 aliphatic carbocycles. The van der Waals surface area contributed by atoms with Crippen molar-refractivity contribution in [1.29, 1.82) is 0 Å². The number of hydrogen-bond acceptors (Lipinski definition) is 4. The van der Waals surface area contributed by atoms with Crippen molar-refractivity contribution in [2.75, 3.05) is 5.32 Å². The Morgan fingerprint density at radius 3 is 2.32 bits per heavy atom. The maximum Gasteiger partial charge on any atom is 0.294 e. The number of benzene rings is 3. The number of halogens is 1. The van der Waals surface area contributed by atoms with Crippen LogP contribution in [-0.4, -0.2) is 20.6 Å². The average Bonchev–Trinajstić information content (AvgIpc) is 3.13. The Balaban J connectivity index is 1.83. The van der Waals surface area contributed by atoms with Crippen LogP contribution in [0.15, 0.2) is 78.9 Å². The highest BCUT2D eigenvalue weighted by Gasteiger charge is 2.25. The summed E-state index contributed by atoms with van der Waals surface area (Å²) in [7, 11) is 0. The van der Waals surface area contributed by atoms with Gasteiger partial charge < -0.3 is 5.32 Å². The lowest BCUT2D eigenvalue weighted by molar-refractivity contribution is -0.383. The summed E-state index contributed by atoms with van der Waals surface area (Å²) >= 11 is 5.89. The number of amides is 1. The molecule has 0 fully saturated rings. The van der Waals surface area contributed by atoms with E-state index in [-0.39, 0.29) is 16.4 Å². The highest BCUT2D eigenvalue weighted by Crippen LogP contribution is 2.31. The Morgan fingerprint density at radius 1 is 1.03 bits per heavy atom. The molecule has 31 heavy (non-hydrogen) atoms. The van der Waals surface area contributed by atoms with Crippen molar-refractivity contribution in [3.8, 4) is 16.9 Å².